The Balaban J connectivity index is 0.705. The first-order valence-corrected chi connectivity index (χ1v) is 39.7. The minimum Gasteiger partial charge on any atom is -0.437 e. The fourth-order valence-corrected chi connectivity index (χ4v) is 22.4. The molecule has 0 atom stereocenters. The molecule has 7 nitrogen and oxygen atoms in total. The second-order valence-corrected chi connectivity index (χ2v) is 32.5. The van der Waals surface area contributed by atoms with Gasteiger partial charge in [-0.05, 0) is 159 Å². The molecule has 8 aromatic heterocycles. The first-order chi connectivity index (χ1) is 54.5. The minimum atomic E-state index is 0.521. The quantitative estimate of drug-likeness (QED) is 0.161. The fourth-order valence-electron chi connectivity index (χ4n) is 19.0. The van der Waals surface area contributed by atoms with E-state index >= 15 is 0 Å². The lowest BCUT2D eigenvalue weighted by atomic mass is 9.89. The van der Waals surface area contributed by atoms with E-state index in [9.17, 15) is 0 Å². The molecule has 0 saturated heterocycles. The number of furan rings is 1. The Kier molecular flexibility index (Phi) is 11.9. The average Bonchev–Trinajstić information content (AvgIpc) is 1.54. The molecule has 110 heavy (non-hydrogen) atoms. The van der Waals surface area contributed by atoms with E-state index in [2.05, 4.69) is 325 Å². The Morgan fingerprint density at radius 1 is 0.218 bits per heavy atom. The van der Waals surface area contributed by atoms with Gasteiger partial charge in [0, 0.05) is 105 Å². The SMILES string of the molecule is c1ccc2c(c1)ccc1c2c2c3c4ccccc4c4ccccc4c3ccc2n1-c1nc(-c2ccc3c(c2)sc2ccccc23)c2c(n1)oc1ccc(-c3ccc4c(c3)c3ccccc3c3ccc5c(c34)c3c4ccccc4ccc3n5-c3nc(-c4ccc5c(c4)sc4ccccc45)c4c(n3)sc3ccccc34)cc12. The van der Waals surface area contributed by atoms with Crippen molar-refractivity contribution in [3.63, 3.8) is 0 Å². The summed E-state index contributed by atoms with van der Waals surface area (Å²) in [5.41, 5.74) is 11.3. The number of benzene rings is 18. The van der Waals surface area contributed by atoms with Crippen LogP contribution in [0.3, 0.4) is 0 Å². The maximum atomic E-state index is 7.18. The number of hydrogen-bond acceptors (Lipinski definition) is 8. The summed E-state index contributed by atoms with van der Waals surface area (Å²) >= 11 is 5.39. The number of hydrogen-bond donors (Lipinski definition) is 0. The van der Waals surface area contributed by atoms with Crippen molar-refractivity contribution in [2.24, 2.45) is 0 Å². The Bertz CT molecular complexity index is 8670. The highest BCUT2D eigenvalue weighted by Crippen LogP contribution is 2.51. The van der Waals surface area contributed by atoms with Crippen LogP contribution in [-0.2, 0) is 0 Å². The minimum absolute atomic E-state index is 0.521. The summed E-state index contributed by atoms with van der Waals surface area (Å²) in [5.74, 6) is 1.18. The summed E-state index contributed by atoms with van der Waals surface area (Å²) in [5, 5.41) is 32.9. The van der Waals surface area contributed by atoms with E-state index in [0.29, 0.717) is 17.6 Å². The van der Waals surface area contributed by atoms with Gasteiger partial charge >= 0.3 is 0 Å². The molecule has 0 aliphatic heterocycles. The molecule has 8 heterocycles. The first-order valence-electron chi connectivity index (χ1n) is 37.2. The zero-order valence-electron chi connectivity index (χ0n) is 58.3. The molecule has 0 unspecified atom stereocenters. The lowest BCUT2D eigenvalue weighted by Gasteiger charge is -2.14. The van der Waals surface area contributed by atoms with Crippen molar-refractivity contribution in [2.45, 2.75) is 0 Å². The van der Waals surface area contributed by atoms with E-state index < -0.39 is 0 Å². The lowest BCUT2D eigenvalue weighted by molar-refractivity contribution is 0.651. The van der Waals surface area contributed by atoms with E-state index in [-0.39, 0.29) is 0 Å². The molecule has 0 fully saturated rings. The van der Waals surface area contributed by atoms with Crippen LogP contribution in [-0.4, -0.2) is 29.1 Å². The number of rotatable bonds is 5. The Labute approximate surface area is 636 Å². The molecule has 506 valence electrons. The highest BCUT2D eigenvalue weighted by molar-refractivity contribution is 7.26. The molecule has 26 aromatic rings. The molecular weight excluding hydrogens is 1400 g/mol. The smallest absolute Gasteiger partial charge is 0.238 e. The topological polar surface area (TPSA) is 74.6 Å². The molecule has 0 saturated carbocycles. The van der Waals surface area contributed by atoms with Gasteiger partial charge in [0.15, 0.2) is 0 Å². The van der Waals surface area contributed by atoms with Crippen LogP contribution in [0.5, 0.6) is 0 Å². The van der Waals surface area contributed by atoms with Gasteiger partial charge in [-0.1, -0.05) is 243 Å². The average molecular weight is 1450 g/mol. The molecule has 18 aromatic carbocycles. The van der Waals surface area contributed by atoms with Crippen molar-refractivity contribution in [1.82, 2.24) is 29.1 Å². The summed E-state index contributed by atoms with van der Waals surface area (Å²) in [6.45, 7) is 0. The van der Waals surface area contributed by atoms with E-state index in [1.807, 2.05) is 22.7 Å². The Morgan fingerprint density at radius 2 is 0.591 bits per heavy atom. The predicted molar refractivity (Wildman–Crippen MR) is 469 cm³/mol. The first kappa shape index (κ1) is 59.4. The van der Waals surface area contributed by atoms with Gasteiger partial charge in [-0.3, -0.25) is 9.13 Å². The third-order valence-electron chi connectivity index (χ3n) is 23.7. The maximum Gasteiger partial charge on any atom is 0.238 e. The van der Waals surface area contributed by atoms with E-state index in [1.54, 1.807) is 11.3 Å². The standard InChI is InChI=1S/C100H52N6OS3/c1-3-19-59-53(17-1)36-44-77-89(59)93-79(46-42-71-63-23-6-5-21-61(63)62-22-9-10-28-70(62)87(71)93)105(77)99-101-95(57-34-39-68-66-26-11-14-30-82(66)108-85(68)51-57)91-76-50-56(38-48-81(76)107-97(91)103-99)55-33-41-73-75(49-55)65-25-8-7-24-64(65)72-43-47-80-94(88(72)73)90-60-20-4-2-18-54(60)37-45-78(90)106(80)100-102-96(92-74-29-13-16-32-84(74)110-98(92)104-100)58-35-40-69-67-27-12-15-31-83(67)109-86(69)52-58/h1-52H. The normalized spacial score (nSPS) is 12.5. The zero-order chi connectivity index (χ0) is 71.3. The number of thiophene rings is 3. The highest BCUT2D eigenvalue weighted by atomic mass is 32.1. The molecule has 0 aliphatic carbocycles. The maximum absolute atomic E-state index is 7.18. The van der Waals surface area contributed by atoms with Crippen LogP contribution >= 0.6 is 34.0 Å². The molecule has 26 rings (SSSR count). The summed E-state index contributed by atoms with van der Waals surface area (Å²) in [7, 11) is 0. The van der Waals surface area contributed by atoms with Gasteiger partial charge in [-0.25, -0.2) is 15.0 Å². The third-order valence-corrected chi connectivity index (χ3v) is 27.1. The van der Waals surface area contributed by atoms with E-state index in [0.717, 1.165) is 93.1 Å². The molecule has 0 N–H and O–H groups in total. The molecule has 0 amide bonds. The highest BCUT2D eigenvalue weighted by Gasteiger charge is 2.29. The molecule has 0 bridgehead atoms. The van der Waals surface area contributed by atoms with Crippen molar-refractivity contribution >= 4 is 247 Å². The third kappa shape index (κ3) is 8.09. The second-order valence-electron chi connectivity index (χ2n) is 29.3. The molecule has 0 radical (unpaired) electrons. The van der Waals surface area contributed by atoms with Crippen LogP contribution in [0, 0.1) is 0 Å². The summed E-state index contributed by atoms with van der Waals surface area (Å²) < 4.78 is 18.0. The number of fused-ring (bicyclic) bond motifs is 36. The Morgan fingerprint density at radius 3 is 1.15 bits per heavy atom. The summed E-state index contributed by atoms with van der Waals surface area (Å²) in [4.78, 5) is 24.0. The van der Waals surface area contributed by atoms with Crippen molar-refractivity contribution in [1.29, 1.82) is 0 Å². The van der Waals surface area contributed by atoms with Gasteiger partial charge < -0.3 is 4.42 Å². The second kappa shape index (κ2) is 22.0. The largest absolute Gasteiger partial charge is 0.437 e. The van der Waals surface area contributed by atoms with Crippen LogP contribution < -0.4 is 0 Å². The zero-order valence-corrected chi connectivity index (χ0v) is 60.8. The van der Waals surface area contributed by atoms with E-state index in [4.69, 9.17) is 24.4 Å². The predicted octanol–water partition coefficient (Wildman–Crippen LogP) is 28.7. The van der Waals surface area contributed by atoms with Gasteiger partial charge in [-0.15, -0.1) is 34.0 Å². The van der Waals surface area contributed by atoms with E-state index in [1.165, 1.54) is 147 Å². The molecule has 0 spiro atoms. The van der Waals surface area contributed by atoms with Crippen molar-refractivity contribution in [2.75, 3.05) is 0 Å². The van der Waals surface area contributed by atoms with Crippen LogP contribution in [0.15, 0.2) is 320 Å². The number of nitrogens with zero attached hydrogens (tertiary/aromatic N) is 6. The lowest BCUT2D eigenvalue weighted by Crippen LogP contribution is -2.03. The van der Waals surface area contributed by atoms with Crippen LogP contribution in [0.2, 0.25) is 0 Å². The van der Waals surface area contributed by atoms with Gasteiger partial charge in [0.2, 0.25) is 17.6 Å². The van der Waals surface area contributed by atoms with Crippen molar-refractivity contribution < 1.29 is 4.42 Å². The summed E-state index contributed by atoms with van der Waals surface area (Å²) in [6.07, 6.45) is 0. The monoisotopic (exact) mass is 1450 g/mol. The van der Waals surface area contributed by atoms with Gasteiger partial charge in [0.05, 0.1) is 38.8 Å². The fraction of sp³-hybridized carbons (Fsp3) is 0. The molecule has 0 aliphatic rings. The van der Waals surface area contributed by atoms with Gasteiger partial charge in [0.25, 0.3) is 0 Å². The van der Waals surface area contributed by atoms with Crippen molar-refractivity contribution in [3.8, 4) is 45.5 Å². The Hall–Kier alpha value is -13.7. The van der Waals surface area contributed by atoms with Gasteiger partial charge in [0.1, 0.15) is 10.4 Å². The van der Waals surface area contributed by atoms with Crippen LogP contribution in [0.25, 0.3) is 258 Å². The van der Waals surface area contributed by atoms with Crippen LogP contribution in [0.1, 0.15) is 0 Å². The van der Waals surface area contributed by atoms with Crippen molar-refractivity contribution in [3.05, 3.63) is 315 Å². The summed E-state index contributed by atoms with van der Waals surface area (Å²) in [6, 6.07) is 116. The molecular formula is C100H52N6OS3. The molecule has 10 heteroatoms. The number of aromatic nitrogens is 6. The van der Waals surface area contributed by atoms with Gasteiger partial charge in [-0.2, -0.15) is 4.98 Å². The van der Waals surface area contributed by atoms with Crippen LogP contribution in [0.4, 0.5) is 0 Å².